The van der Waals surface area contributed by atoms with E-state index in [4.69, 9.17) is 0 Å². The second-order valence-corrected chi connectivity index (χ2v) is 6.48. The minimum atomic E-state index is -2.24. The molecule has 1 saturated heterocycles. The molecule has 0 spiro atoms. The number of rotatable bonds is 3. The number of hydrogen-bond acceptors (Lipinski definition) is 2. The van der Waals surface area contributed by atoms with Crippen LogP contribution in [0.4, 0.5) is 8.78 Å². The molecule has 2 nitrogen and oxygen atoms in total. The van der Waals surface area contributed by atoms with Crippen LogP contribution in [0.2, 0.25) is 0 Å². The summed E-state index contributed by atoms with van der Waals surface area (Å²) in [5.41, 5.74) is 0.113. The van der Waals surface area contributed by atoms with Crippen molar-refractivity contribution in [2.24, 2.45) is 11.3 Å². The highest BCUT2D eigenvalue weighted by Crippen LogP contribution is 2.25. The summed E-state index contributed by atoms with van der Waals surface area (Å²) in [6.45, 7) is 12.1. The maximum absolute atomic E-state index is 12.6. The van der Waals surface area contributed by atoms with E-state index in [1.807, 2.05) is 4.90 Å². The summed E-state index contributed by atoms with van der Waals surface area (Å²) in [7, 11) is 0. The quantitative estimate of drug-likeness (QED) is 0.826. The minimum absolute atomic E-state index is 0.100. The maximum Gasteiger partial charge on any atom is 0.251 e. The average Bonchev–Trinajstić information content (AvgIpc) is 2.14. The molecule has 0 bridgehead atoms. The maximum atomic E-state index is 12.6. The van der Waals surface area contributed by atoms with Gasteiger partial charge in [0.05, 0.1) is 6.54 Å². The molecule has 1 heterocycles. The van der Waals surface area contributed by atoms with E-state index in [9.17, 15) is 8.78 Å². The van der Waals surface area contributed by atoms with Gasteiger partial charge in [-0.05, 0) is 11.3 Å². The predicted octanol–water partition coefficient (Wildman–Crippen LogP) is 2.60. The average molecular weight is 248 g/mol. The molecule has 0 aromatic heterocycles. The summed E-state index contributed by atoms with van der Waals surface area (Å²) < 4.78 is 25.2. The van der Waals surface area contributed by atoms with Crippen molar-refractivity contribution < 1.29 is 8.78 Å². The first-order chi connectivity index (χ1) is 7.71. The second-order valence-electron chi connectivity index (χ2n) is 6.48. The third kappa shape index (κ3) is 4.18. The Kier molecular flexibility index (Phi) is 4.90. The van der Waals surface area contributed by atoms with Crippen LogP contribution < -0.4 is 5.32 Å². The van der Waals surface area contributed by atoms with Gasteiger partial charge in [-0.1, -0.05) is 34.6 Å². The Morgan fingerprint density at radius 3 is 2.29 bits per heavy atom. The van der Waals surface area contributed by atoms with Crippen LogP contribution >= 0.6 is 0 Å². The fourth-order valence-corrected chi connectivity index (χ4v) is 2.45. The van der Waals surface area contributed by atoms with Gasteiger partial charge in [-0.2, -0.15) is 0 Å². The third-order valence-corrected chi connectivity index (χ3v) is 3.65. The van der Waals surface area contributed by atoms with Gasteiger partial charge >= 0.3 is 0 Å². The van der Waals surface area contributed by atoms with Crippen LogP contribution in [0.5, 0.6) is 0 Å². The van der Waals surface area contributed by atoms with Gasteiger partial charge < -0.3 is 5.32 Å². The zero-order valence-electron chi connectivity index (χ0n) is 11.6. The van der Waals surface area contributed by atoms with Crippen molar-refractivity contribution in [3.63, 3.8) is 0 Å². The fourth-order valence-electron chi connectivity index (χ4n) is 2.45. The van der Waals surface area contributed by atoms with Crippen LogP contribution in [0.1, 0.15) is 34.6 Å². The highest BCUT2D eigenvalue weighted by Gasteiger charge is 2.35. The van der Waals surface area contributed by atoms with Gasteiger partial charge in [0.2, 0.25) is 0 Å². The summed E-state index contributed by atoms with van der Waals surface area (Å²) in [6.07, 6.45) is -2.24. The van der Waals surface area contributed by atoms with E-state index < -0.39 is 6.43 Å². The Morgan fingerprint density at radius 1 is 1.29 bits per heavy atom. The van der Waals surface area contributed by atoms with E-state index in [0.29, 0.717) is 5.92 Å². The molecule has 1 aliphatic rings. The van der Waals surface area contributed by atoms with Crippen molar-refractivity contribution in [3.8, 4) is 0 Å². The molecular formula is C13H26F2N2. The SMILES string of the molecule is CC(C)C1CNC(C(C)(C)C)CN1CC(F)F. The van der Waals surface area contributed by atoms with E-state index in [1.54, 1.807) is 0 Å². The molecule has 0 amide bonds. The van der Waals surface area contributed by atoms with Crippen LogP contribution in [-0.2, 0) is 0 Å². The van der Waals surface area contributed by atoms with Gasteiger partial charge in [-0.3, -0.25) is 4.90 Å². The van der Waals surface area contributed by atoms with Crippen LogP contribution in [0.3, 0.4) is 0 Å². The number of alkyl halides is 2. The Morgan fingerprint density at radius 2 is 1.88 bits per heavy atom. The molecule has 1 fully saturated rings. The first-order valence-electron chi connectivity index (χ1n) is 6.47. The first kappa shape index (κ1) is 14.8. The monoisotopic (exact) mass is 248 g/mol. The van der Waals surface area contributed by atoms with Gasteiger partial charge in [0.25, 0.3) is 6.43 Å². The van der Waals surface area contributed by atoms with E-state index in [2.05, 4.69) is 39.9 Å². The zero-order valence-corrected chi connectivity index (χ0v) is 11.6. The lowest BCUT2D eigenvalue weighted by Crippen LogP contribution is -2.62. The Balaban J connectivity index is 2.69. The van der Waals surface area contributed by atoms with E-state index in [1.165, 1.54) is 0 Å². The molecule has 0 aromatic rings. The minimum Gasteiger partial charge on any atom is -0.311 e. The molecule has 102 valence electrons. The molecule has 0 saturated carbocycles. The standard InChI is InChI=1S/C13H26F2N2/c1-9(2)10-6-16-11(13(3,4)5)7-17(10)8-12(14)15/h9-12,16H,6-8H2,1-5H3. The number of nitrogens with one attached hydrogen (secondary N) is 1. The number of halogens is 2. The molecule has 0 aliphatic carbocycles. The molecule has 2 atom stereocenters. The smallest absolute Gasteiger partial charge is 0.251 e. The lowest BCUT2D eigenvalue weighted by Gasteiger charge is -2.46. The van der Waals surface area contributed by atoms with Crippen molar-refractivity contribution in [2.75, 3.05) is 19.6 Å². The predicted molar refractivity (Wildman–Crippen MR) is 67.4 cm³/mol. The summed E-state index contributed by atoms with van der Waals surface area (Å²) in [6, 6.07) is 0.513. The van der Waals surface area contributed by atoms with E-state index in [0.717, 1.165) is 13.1 Å². The molecule has 1 rings (SSSR count). The van der Waals surface area contributed by atoms with Gasteiger partial charge in [0, 0.05) is 25.2 Å². The molecule has 1 aliphatic heterocycles. The number of hydrogen-bond donors (Lipinski definition) is 1. The molecule has 2 unspecified atom stereocenters. The van der Waals surface area contributed by atoms with Crippen LogP contribution in [0.15, 0.2) is 0 Å². The van der Waals surface area contributed by atoms with Gasteiger partial charge in [0.15, 0.2) is 0 Å². The van der Waals surface area contributed by atoms with Gasteiger partial charge in [-0.25, -0.2) is 8.78 Å². The fraction of sp³-hybridized carbons (Fsp3) is 1.00. The molecule has 1 N–H and O–H groups in total. The Labute approximate surface area is 104 Å². The van der Waals surface area contributed by atoms with Crippen molar-refractivity contribution >= 4 is 0 Å². The second kappa shape index (κ2) is 5.61. The summed E-state index contributed by atoms with van der Waals surface area (Å²) in [4.78, 5) is 1.96. The van der Waals surface area contributed by atoms with Crippen molar-refractivity contribution in [3.05, 3.63) is 0 Å². The van der Waals surface area contributed by atoms with Crippen molar-refractivity contribution in [1.29, 1.82) is 0 Å². The highest BCUT2D eigenvalue weighted by atomic mass is 19.3. The van der Waals surface area contributed by atoms with Crippen molar-refractivity contribution in [1.82, 2.24) is 10.2 Å². The van der Waals surface area contributed by atoms with Crippen molar-refractivity contribution in [2.45, 2.75) is 53.1 Å². The van der Waals surface area contributed by atoms with Gasteiger partial charge in [0.1, 0.15) is 0 Å². The van der Waals surface area contributed by atoms with Crippen LogP contribution in [0, 0.1) is 11.3 Å². The Hall–Kier alpha value is -0.220. The van der Waals surface area contributed by atoms with Gasteiger partial charge in [-0.15, -0.1) is 0 Å². The molecule has 0 radical (unpaired) electrons. The van der Waals surface area contributed by atoms with Crippen LogP contribution in [-0.4, -0.2) is 43.0 Å². The Bertz CT molecular complexity index is 236. The first-order valence-corrected chi connectivity index (χ1v) is 6.47. The lowest BCUT2D eigenvalue weighted by atomic mass is 9.83. The van der Waals surface area contributed by atoms with E-state index in [-0.39, 0.29) is 24.0 Å². The third-order valence-electron chi connectivity index (χ3n) is 3.65. The zero-order chi connectivity index (χ0) is 13.2. The summed E-state index contributed by atoms with van der Waals surface area (Å²) in [5, 5.41) is 3.51. The highest BCUT2D eigenvalue weighted by molar-refractivity contribution is 4.93. The molecule has 17 heavy (non-hydrogen) atoms. The lowest BCUT2D eigenvalue weighted by molar-refractivity contribution is 0.0121. The molecule has 0 aromatic carbocycles. The number of nitrogens with zero attached hydrogens (tertiary/aromatic N) is 1. The van der Waals surface area contributed by atoms with Crippen LogP contribution in [0.25, 0.3) is 0 Å². The summed E-state index contributed by atoms with van der Waals surface area (Å²) in [5.74, 6) is 0.405. The van der Waals surface area contributed by atoms with E-state index >= 15 is 0 Å². The number of piperazine rings is 1. The summed E-state index contributed by atoms with van der Waals surface area (Å²) >= 11 is 0. The normalized spacial score (nSPS) is 28.1. The molecular weight excluding hydrogens is 222 g/mol. The molecule has 4 heteroatoms. The topological polar surface area (TPSA) is 15.3 Å². The largest absolute Gasteiger partial charge is 0.311 e.